The van der Waals surface area contributed by atoms with Crippen LogP contribution < -0.4 is 9.47 Å². The Morgan fingerprint density at radius 3 is 2.50 bits per heavy atom. The van der Waals surface area contributed by atoms with E-state index in [2.05, 4.69) is 0 Å². The van der Waals surface area contributed by atoms with Gasteiger partial charge in [0, 0.05) is 16.9 Å². The molecular formula is C22H23NO7. The monoisotopic (exact) mass is 413 g/mol. The normalized spacial score (nSPS) is 19.9. The summed E-state index contributed by atoms with van der Waals surface area (Å²) in [6.45, 7) is 1.83. The number of fused-ring (bicyclic) bond motifs is 1. The average Bonchev–Trinajstić information content (AvgIpc) is 2.73. The number of ether oxygens (including phenoxy) is 3. The van der Waals surface area contributed by atoms with Crippen LogP contribution in [-0.2, 0) is 9.53 Å². The minimum Gasteiger partial charge on any atom is -0.496 e. The predicted octanol–water partition coefficient (Wildman–Crippen LogP) is 3.41. The van der Waals surface area contributed by atoms with E-state index in [4.69, 9.17) is 14.2 Å². The third-order valence-corrected chi connectivity index (χ3v) is 5.12. The number of methoxy groups -OCH3 is 1. The number of hydrogen-bond acceptors (Lipinski definition) is 7. The van der Waals surface area contributed by atoms with Crippen molar-refractivity contribution >= 4 is 11.8 Å². The van der Waals surface area contributed by atoms with Gasteiger partial charge in [-0.1, -0.05) is 30.3 Å². The summed E-state index contributed by atoms with van der Waals surface area (Å²) >= 11 is 0. The van der Waals surface area contributed by atoms with E-state index in [0.29, 0.717) is 22.6 Å². The topological polar surface area (TPSA) is 105 Å². The van der Waals surface area contributed by atoms with E-state index in [1.54, 1.807) is 55.5 Å². The van der Waals surface area contributed by atoms with Crippen molar-refractivity contribution in [2.45, 2.75) is 37.8 Å². The zero-order valence-corrected chi connectivity index (χ0v) is 16.8. The largest absolute Gasteiger partial charge is 0.496 e. The second-order valence-electron chi connectivity index (χ2n) is 6.91. The van der Waals surface area contributed by atoms with Crippen LogP contribution in [0.3, 0.4) is 0 Å². The standard InChI is InChI=1S/C22H23NO7/c1-3-29-21(25)13-20-22(23(26)27)16(14-8-4-7-11-19(14)30-20)12-17(24)15-9-5-6-10-18(15)28-2/h4-11,16,20,22H,3,12-13H2,1-2H3/t16-,20+,22+/m1/s1. The number of Topliss-reactive ketones (excluding diaryl/α,β-unsaturated/α-hetero) is 1. The second-order valence-corrected chi connectivity index (χ2v) is 6.91. The maximum absolute atomic E-state index is 13.1. The number of carbonyl (C=O) groups is 2. The van der Waals surface area contributed by atoms with Gasteiger partial charge >= 0.3 is 5.97 Å². The van der Waals surface area contributed by atoms with Crippen LogP contribution in [0.5, 0.6) is 11.5 Å². The fourth-order valence-electron chi connectivity index (χ4n) is 3.81. The molecule has 0 saturated heterocycles. The number of nitrogens with zero attached hydrogens (tertiary/aromatic N) is 1. The first-order chi connectivity index (χ1) is 14.5. The number of benzene rings is 2. The van der Waals surface area contributed by atoms with Gasteiger partial charge in [-0.25, -0.2) is 0 Å². The van der Waals surface area contributed by atoms with E-state index in [1.807, 2.05) is 0 Å². The highest BCUT2D eigenvalue weighted by Crippen LogP contribution is 2.41. The van der Waals surface area contributed by atoms with Crippen molar-refractivity contribution in [3.63, 3.8) is 0 Å². The molecule has 158 valence electrons. The lowest BCUT2D eigenvalue weighted by molar-refractivity contribution is -0.538. The summed E-state index contributed by atoms with van der Waals surface area (Å²) in [5.41, 5.74) is 0.926. The molecule has 2 aromatic rings. The van der Waals surface area contributed by atoms with E-state index in [-0.39, 0.29) is 25.2 Å². The molecule has 1 aliphatic rings. The Morgan fingerprint density at radius 2 is 1.80 bits per heavy atom. The number of rotatable bonds is 8. The number of carbonyl (C=O) groups excluding carboxylic acids is 2. The van der Waals surface area contributed by atoms with E-state index in [9.17, 15) is 19.7 Å². The Bertz CT molecular complexity index is 943. The highest BCUT2D eigenvalue weighted by molar-refractivity contribution is 5.99. The van der Waals surface area contributed by atoms with E-state index < -0.39 is 29.0 Å². The molecular weight excluding hydrogens is 390 g/mol. The minimum atomic E-state index is -1.28. The van der Waals surface area contributed by atoms with Crippen LogP contribution >= 0.6 is 0 Å². The molecule has 0 N–H and O–H groups in total. The molecule has 0 amide bonds. The molecule has 1 heterocycles. The molecule has 0 saturated carbocycles. The molecule has 0 unspecified atom stereocenters. The first-order valence-electron chi connectivity index (χ1n) is 9.67. The van der Waals surface area contributed by atoms with Crippen LogP contribution in [0.4, 0.5) is 0 Å². The Balaban J connectivity index is 1.97. The second kappa shape index (κ2) is 9.39. The Hall–Kier alpha value is -3.42. The maximum Gasteiger partial charge on any atom is 0.309 e. The van der Waals surface area contributed by atoms with Gasteiger partial charge in [0.25, 0.3) is 6.04 Å². The van der Waals surface area contributed by atoms with Gasteiger partial charge in [-0.3, -0.25) is 19.7 Å². The number of nitro groups is 1. The summed E-state index contributed by atoms with van der Waals surface area (Å²) in [6, 6.07) is 12.4. The zero-order chi connectivity index (χ0) is 21.7. The van der Waals surface area contributed by atoms with Crippen molar-refractivity contribution in [3.05, 3.63) is 69.8 Å². The molecule has 0 fully saturated rings. The lowest BCUT2D eigenvalue weighted by Gasteiger charge is -2.34. The van der Waals surface area contributed by atoms with Crippen molar-refractivity contribution in [2.75, 3.05) is 13.7 Å². The Labute approximate surface area is 173 Å². The quantitative estimate of drug-likeness (QED) is 0.283. The first-order valence-corrected chi connectivity index (χ1v) is 9.67. The van der Waals surface area contributed by atoms with Gasteiger partial charge in [-0.2, -0.15) is 0 Å². The summed E-state index contributed by atoms with van der Waals surface area (Å²) in [5, 5.41) is 12.0. The Morgan fingerprint density at radius 1 is 1.10 bits per heavy atom. The number of hydrogen-bond donors (Lipinski definition) is 0. The average molecular weight is 413 g/mol. The minimum absolute atomic E-state index is 0.119. The molecule has 0 radical (unpaired) electrons. The summed E-state index contributed by atoms with van der Waals surface area (Å²) in [6.07, 6.45) is -1.43. The molecule has 8 heteroatoms. The van der Waals surface area contributed by atoms with Crippen molar-refractivity contribution in [3.8, 4) is 11.5 Å². The lowest BCUT2D eigenvalue weighted by Crippen LogP contribution is -2.47. The molecule has 3 atom stereocenters. The van der Waals surface area contributed by atoms with Crippen LogP contribution in [0.15, 0.2) is 48.5 Å². The van der Waals surface area contributed by atoms with Gasteiger partial charge in [0.15, 0.2) is 11.9 Å². The smallest absolute Gasteiger partial charge is 0.309 e. The summed E-state index contributed by atoms with van der Waals surface area (Å²) in [4.78, 5) is 36.6. The summed E-state index contributed by atoms with van der Waals surface area (Å²) in [5.74, 6) is -0.785. The van der Waals surface area contributed by atoms with Gasteiger partial charge in [0.05, 0.1) is 31.6 Å². The fourth-order valence-corrected chi connectivity index (χ4v) is 3.81. The van der Waals surface area contributed by atoms with Crippen LogP contribution in [0, 0.1) is 10.1 Å². The third-order valence-electron chi connectivity index (χ3n) is 5.12. The predicted molar refractivity (Wildman–Crippen MR) is 108 cm³/mol. The molecule has 2 aromatic carbocycles. The SMILES string of the molecule is CCOC(=O)C[C@@H]1Oc2ccccc2[C@@H](CC(=O)c2ccccc2OC)[C@@H]1[N+](=O)[O-]. The van der Waals surface area contributed by atoms with Crippen LogP contribution in [0.25, 0.3) is 0 Å². The van der Waals surface area contributed by atoms with Crippen LogP contribution in [0.1, 0.15) is 41.6 Å². The molecule has 0 bridgehead atoms. The van der Waals surface area contributed by atoms with Gasteiger partial charge < -0.3 is 14.2 Å². The Kier molecular flexibility index (Phi) is 6.66. The van der Waals surface area contributed by atoms with E-state index >= 15 is 0 Å². The van der Waals surface area contributed by atoms with Crippen molar-refractivity contribution in [1.29, 1.82) is 0 Å². The van der Waals surface area contributed by atoms with E-state index in [0.717, 1.165) is 0 Å². The van der Waals surface area contributed by atoms with Gasteiger partial charge in [0.1, 0.15) is 11.5 Å². The number of ketones is 1. The molecule has 0 aromatic heterocycles. The van der Waals surface area contributed by atoms with Crippen LogP contribution in [0.2, 0.25) is 0 Å². The lowest BCUT2D eigenvalue weighted by atomic mass is 9.80. The maximum atomic E-state index is 13.1. The summed E-state index contributed by atoms with van der Waals surface area (Å²) < 4.78 is 16.0. The van der Waals surface area contributed by atoms with Crippen LogP contribution in [-0.4, -0.2) is 42.5 Å². The zero-order valence-electron chi connectivity index (χ0n) is 16.8. The third kappa shape index (κ3) is 4.42. The van der Waals surface area contributed by atoms with Gasteiger partial charge in [-0.05, 0) is 25.1 Å². The molecule has 8 nitrogen and oxygen atoms in total. The molecule has 0 aliphatic carbocycles. The first kappa shape index (κ1) is 21.3. The fraction of sp³-hybridized carbons (Fsp3) is 0.364. The van der Waals surface area contributed by atoms with Crippen molar-refractivity contribution in [1.82, 2.24) is 0 Å². The molecule has 0 spiro atoms. The molecule has 3 rings (SSSR count). The molecule has 1 aliphatic heterocycles. The number of para-hydroxylation sites is 2. The highest BCUT2D eigenvalue weighted by atomic mass is 16.6. The molecule has 30 heavy (non-hydrogen) atoms. The summed E-state index contributed by atoms with van der Waals surface area (Å²) in [7, 11) is 1.46. The van der Waals surface area contributed by atoms with Crippen molar-refractivity contribution < 1.29 is 28.7 Å². The van der Waals surface area contributed by atoms with E-state index in [1.165, 1.54) is 7.11 Å². The van der Waals surface area contributed by atoms with Crippen molar-refractivity contribution in [2.24, 2.45) is 0 Å². The number of esters is 1. The van der Waals surface area contributed by atoms with Gasteiger partial charge in [0.2, 0.25) is 0 Å². The van der Waals surface area contributed by atoms with Gasteiger partial charge in [-0.15, -0.1) is 0 Å². The highest BCUT2D eigenvalue weighted by Gasteiger charge is 2.48.